The molecule has 0 aliphatic rings. The molecule has 0 atom stereocenters. The number of ether oxygens (including phenoxy) is 1. The first kappa shape index (κ1) is 17.2. The zero-order valence-corrected chi connectivity index (χ0v) is 14.9. The summed E-state index contributed by atoms with van der Waals surface area (Å²) in [5.74, 6) is 1.27. The summed E-state index contributed by atoms with van der Waals surface area (Å²) in [6.07, 6.45) is 3.09. The van der Waals surface area contributed by atoms with Gasteiger partial charge >= 0.3 is 0 Å². The lowest BCUT2D eigenvalue weighted by Crippen LogP contribution is -2.13. The Morgan fingerprint density at radius 3 is 2.80 bits per heavy atom. The summed E-state index contributed by atoms with van der Waals surface area (Å²) in [7, 11) is 1.53. The van der Waals surface area contributed by atoms with Gasteiger partial charge in [0.05, 0.1) is 18.4 Å². The fraction of sp³-hybridized carbons (Fsp3) is 0.111. The van der Waals surface area contributed by atoms with Crippen LogP contribution in [0.4, 0.5) is 5.69 Å². The smallest absolute Gasteiger partial charge is 0.257 e. The predicted molar refractivity (Wildman–Crippen MR) is 96.5 cm³/mol. The molecule has 0 saturated carbocycles. The quantitative estimate of drug-likeness (QED) is 0.676. The Bertz CT molecular complexity index is 908. The van der Waals surface area contributed by atoms with Gasteiger partial charge in [0.25, 0.3) is 5.91 Å². The van der Waals surface area contributed by atoms with Crippen LogP contribution >= 0.6 is 15.9 Å². The highest BCUT2D eigenvalue weighted by atomic mass is 79.9. The van der Waals surface area contributed by atoms with Crippen LogP contribution in [-0.4, -0.2) is 23.1 Å². The number of furan rings is 1. The third kappa shape index (κ3) is 3.89. The zero-order valence-electron chi connectivity index (χ0n) is 13.3. The molecule has 2 N–H and O–H groups in total. The number of nitrogens with zero attached hydrogens (tertiary/aromatic N) is 1. The Kier molecular flexibility index (Phi) is 5.16. The van der Waals surface area contributed by atoms with Crippen LogP contribution in [0.3, 0.4) is 0 Å². The van der Waals surface area contributed by atoms with Crippen molar-refractivity contribution in [2.75, 3.05) is 12.4 Å². The first-order valence-corrected chi connectivity index (χ1v) is 8.20. The average molecular weight is 403 g/mol. The first-order valence-electron chi connectivity index (χ1n) is 7.40. The van der Waals surface area contributed by atoms with Crippen LogP contribution in [0.1, 0.15) is 16.1 Å². The van der Waals surface area contributed by atoms with E-state index in [1.807, 2.05) is 6.07 Å². The summed E-state index contributed by atoms with van der Waals surface area (Å²) in [5, 5.41) is 11.9. The topological polar surface area (TPSA) is 84.6 Å². The number of anilines is 1. The first-order chi connectivity index (χ1) is 12.1. The zero-order chi connectivity index (χ0) is 17.8. The van der Waals surface area contributed by atoms with Crippen molar-refractivity contribution >= 4 is 27.5 Å². The number of hydrogen-bond acceptors (Lipinski definition) is 5. The van der Waals surface area contributed by atoms with E-state index >= 15 is 0 Å². The molecule has 3 rings (SSSR count). The summed E-state index contributed by atoms with van der Waals surface area (Å²) >= 11 is 3.30. The van der Waals surface area contributed by atoms with Crippen LogP contribution in [0.5, 0.6) is 5.75 Å². The van der Waals surface area contributed by atoms with Gasteiger partial charge in [-0.05, 0) is 52.3 Å². The number of methoxy groups -OCH3 is 1. The summed E-state index contributed by atoms with van der Waals surface area (Å²) in [6.45, 7) is -0.171. The molecule has 7 heteroatoms. The summed E-state index contributed by atoms with van der Waals surface area (Å²) in [4.78, 5) is 16.4. The normalized spacial score (nSPS) is 10.5. The van der Waals surface area contributed by atoms with E-state index in [1.165, 1.54) is 13.3 Å². The molecule has 0 saturated heterocycles. The highest BCUT2D eigenvalue weighted by Crippen LogP contribution is 2.32. The van der Waals surface area contributed by atoms with Crippen molar-refractivity contribution in [2.45, 2.75) is 6.61 Å². The molecule has 25 heavy (non-hydrogen) atoms. The third-order valence-electron chi connectivity index (χ3n) is 3.52. The monoisotopic (exact) mass is 402 g/mol. The van der Waals surface area contributed by atoms with Gasteiger partial charge in [0.1, 0.15) is 23.9 Å². The number of aromatic nitrogens is 1. The molecular weight excluding hydrogens is 388 g/mol. The lowest BCUT2D eigenvalue weighted by molar-refractivity contribution is 0.102. The Hall–Kier alpha value is -2.64. The summed E-state index contributed by atoms with van der Waals surface area (Å²) in [5.41, 5.74) is 1.68. The number of halogens is 1. The molecule has 0 fully saturated rings. The molecule has 0 aliphatic heterocycles. The Balaban J connectivity index is 1.91. The second-order valence-corrected chi connectivity index (χ2v) is 6.10. The lowest BCUT2D eigenvalue weighted by atomic mass is 10.1. The Labute approximate surface area is 152 Å². The number of aliphatic hydroxyl groups excluding tert-OH is 1. The maximum absolute atomic E-state index is 12.4. The summed E-state index contributed by atoms with van der Waals surface area (Å²) < 4.78 is 11.6. The van der Waals surface area contributed by atoms with Crippen molar-refractivity contribution < 1.29 is 19.1 Å². The highest BCUT2D eigenvalue weighted by Gasteiger charge is 2.13. The number of hydrogen-bond donors (Lipinski definition) is 2. The van der Waals surface area contributed by atoms with Gasteiger partial charge in [-0.25, -0.2) is 0 Å². The fourth-order valence-corrected chi connectivity index (χ4v) is 2.67. The van der Waals surface area contributed by atoms with E-state index in [4.69, 9.17) is 14.3 Å². The Morgan fingerprint density at radius 1 is 1.28 bits per heavy atom. The number of carbonyl (C=O) groups excluding carboxylic acids is 1. The molecule has 128 valence electrons. The standard InChI is InChI=1S/C18H15BrN2O4/c1-24-17-4-2-11(16-5-3-14(10-22)25-16)7-15(17)21-18(23)12-6-13(19)9-20-8-12/h2-9,22H,10H2,1H3,(H,21,23). The minimum atomic E-state index is -0.306. The number of nitrogens with one attached hydrogen (secondary N) is 1. The van der Waals surface area contributed by atoms with Gasteiger partial charge in [-0.2, -0.15) is 0 Å². The second kappa shape index (κ2) is 7.50. The minimum absolute atomic E-state index is 0.171. The van der Waals surface area contributed by atoms with Gasteiger partial charge in [0, 0.05) is 22.4 Å². The molecule has 1 aromatic carbocycles. The van der Waals surface area contributed by atoms with Crippen molar-refractivity contribution in [3.8, 4) is 17.1 Å². The number of pyridine rings is 1. The molecule has 0 bridgehead atoms. The van der Waals surface area contributed by atoms with Crippen molar-refractivity contribution in [3.63, 3.8) is 0 Å². The summed E-state index contributed by atoms with van der Waals surface area (Å²) in [6, 6.07) is 10.4. The van der Waals surface area contributed by atoms with Crippen LogP contribution < -0.4 is 10.1 Å². The predicted octanol–water partition coefficient (Wildman–Crippen LogP) is 3.86. The maximum atomic E-state index is 12.4. The van der Waals surface area contributed by atoms with Crippen molar-refractivity contribution in [2.24, 2.45) is 0 Å². The number of carbonyl (C=O) groups is 1. The van der Waals surface area contributed by atoms with Crippen LogP contribution in [-0.2, 0) is 6.61 Å². The van der Waals surface area contributed by atoms with Crippen LogP contribution in [0, 0.1) is 0 Å². The molecular formula is C18H15BrN2O4. The lowest BCUT2D eigenvalue weighted by Gasteiger charge is -2.11. The SMILES string of the molecule is COc1ccc(-c2ccc(CO)o2)cc1NC(=O)c1cncc(Br)c1. The van der Waals surface area contributed by atoms with Crippen molar-refractivity contribution in [1.82, 2.24) is 4.98 Å². The molecule has 0 unspecified atom stereocenters. The fourth-order valence-electron chi connectivity index (χ4n) is 2.31. The van der Waals surface area contributed by atoms with E-state index < -0.39 is 0 Å². The molecule has 0 radical (unpaired) electrons. The number of rotatable bonds is 5. The molecule has 3 aromatic rings. The highest BCUT2D eigenvalue weighted by molar-refractivity contribution is 9.10. The van der Waals surface area contributed by atoms with E-state index in [9.17, 15) is 4.79 Å². The molecule has 2 aromatic heterocycles. The van der Waals surface area contributed by atoms with Crippen molar-refractivity contribution in [3.05, 3.63) is 64.6 Å². The largest absolute Gasteiger partial charge is 0.495 e. The minimum Gasteiger partial charge on any atom is -0.495 e. The number of amides is 1. The van der Waals surface area contributed by atoms with Gasteiger partial charge in [0.2, 0.25) is 0 Å². The van der Waals surface area contributed by atoms with Crippen LogP contribution in [0.2, 0.25) is 0 Å². The maximum Gasteiger partial charge on any atom is 0.257 e. The van der Waals surface area contributed by atoms with E-state index in [-0.39, 0.29) is 12.5 Å². The van der Waals surface area contributed by atoms with Gasteiger partial charge in [-0.3, -0.25) is 9.78 Å². The molecule has 2 heterocycles. The van der Waals surface area contributed by atoms with E-state index in [1.54, 1.807) is 36.5 Å². The number of aliphatic hydroxyl groups is 1. The van der Waals surface area contributed by atoms with E-state index in [0.717, 1.165) is 5.56 Å². The van der Waals surface area contributed by atoms with Gasteiger partial charge < -0.3 is 19.6 Å². The molecule has 0 spiro atoms. The van der Waals surface area contributed by atoms with Crippen molar-refractivity contribution in [1.29, 1.82) is 0 Å². The van der Waals surface area contributed by atoms with Gasteiger partial charge in [-0.1, -0.05) is 0 Å². The van der Waals surface area contributed by atoms with Gasteiger partial charge in [-0.15, -0.1) is 0 Å². The second-order valence-electron chi connectivity index (χ2n) is 5.19. The van der Waals surface area contributed by atoms with Crippen LogP contribution in [0.25, 0.3) is 11.3 Å². The van der Waals surface area contributed by atoms with Crippen LogP contribution in [0.15, 0.2) is 57.7 Å². The van der Waals surface area contributed by atoms with E-state index in [0.29, 0.717) is 33.0 Å². The molecule has 0 aliphatic carbocycles. The Morgan fingerprint density at radius 2 is 2.12 bits per heavy atom. The number of benzene rings is 1. The third-order valence-corrected chi connectivity index (χ3v) is 3.95. The average Bonchev–Trinajstić information content (AvgIpc) is 3.11. The van der Waals surface area contributed by atoms with E-state index in [2.05, 4.69) is 26.2 Å². The van der Waals surface area contributed by atoms with Gasteiger partial charge in [0.15, 0.2) is 0 Å². The molecule has 6 nitrogen and oxygen atoms in total. The molecule has 1 amide bonds.